The molecule has 104 valence electrons. The highest BCUT2D eigenvalue weighted by molar-refractivity contribution is 5.94. The Labute approximate surface area is 114 Å². The molecule has 1 saturated heterocycles. The molecule has 1 aliphatic heterocycles. The smallest absolute Gasteiger partial charge is 0.337 e. The van der Waals surface area contributed by atoms with Crippen molar-refractivity contribution in [1.82, 2.24) is 0 Å². The van der Waals surface area contributed by atoms with Gasteiger partial charge in [-0.2, -0.15) is 0 Å². The van der Waals surface area contributed by atoms with Crippen molar-refractivity contribution in [3.8, 4) is 0 Å². The Balaban J connectivity index is 2.12. The third kappa shape index (κ3) is 3.00. The van der Waals surface area contributed by atoms with Gasteiger partial charge in [0.2, 0.25) is 0 Å². The van der Waals surface area contributed by atoms with Gasteiger partial charge in [-0.15, -0.1) is 0 Å². The van der Waals surface area contributed by atoms with Crippen LogP contribution in [0.2, 0.25) is 0 Å². The number of carbonyl (C=O) groups is 1. The number of nitrogen functional groups attached to an aromatic ring is 1. The van der Waals surface area contributed by atoms with Crippen LogP contribution in [0.15, 0.2) is 18.2 Å². The van der Waals surface area contributed by atoms with Gasteiger partial charge in [0.1, 0.15) is 0 Å². The van der Waals surface area contributed by atoms with Crippen LogP contribution < -0.4 is 10.6 Å². The van der Waals surface area contributed by atoms with Gasteiger partial charge in [-0.25, -0.2) is 4.79 Å². The first-order valence-corrected chi connectivity index (χ1v) is 6.87. The van der Waals surface area contributed by atoms with Gasteiger partial charge in [0.15, 0.2) is 0 Å². The average molecular weight is 262 g/mol. The van der Waals surface area contributed by atoms with E-state index in [9.17, 15) is 4.79 Å². The summed E-state index contributed by atoms with van der Waals surface area (Å²) < 4.78 is 0. The van der Waals surface area contributed by atoms with Gasteiger partial charge in [0.05, 0.1) is 5.56 Å². The van der Waals surface area contributed by atoms with Crippen molar-refractivity contribution in [2.75, 3.05) is 23.7 Å². The van der Waals surface area contributed by atoms with Crippen LogP contribution in [-0.4, -0.2) is 24.2 Å². The quantitative estimate of drug-likeness (QED) is 0.822. The summed E-state index contributed by atoms with van der Waals surface area (Å²) in [5, 5.41) is 9.10. The molecule has 0 radical (unpaired) electrons. The van der Waals surface area contributed by atoms with Crippen LogP contribution in [0.25, 0.3) is 0 Å². The summed E-state index contributed by atoms with van der Waals surface area (Å²) in [4.78, 5) is 13.4. The maximum atomic E-state index is 11.1. The highest BCUT2D eigenvalue weighted by atomic mass is 16.4. The van der Waals surface area contributed by atoms with E-state index in [-0.39, 0.29) is 5.56 Å². The fourth-order valence-electron chi connectivity index (χ4n) is 2.75. The minimum Gasteiger partial charge on any atom is -0.478 e. The van der Waals surface area contributed by atoms with Gasteiger partial charge < -0.3 is 15.7 Å². The number of hydrogen-bond donors (Lipinski definition) is 2. The summed E-state index contributed by atoms with van der Waals surface area (Å²) in [6.45, 7) is 6.52. The van der Waals surface area contributed by atoms with Crippen molar-refractivity contribution in [2.45, 2.75) is 26.7 Å². The van der Waals surface area contributed by atoms with Gasteiger partial charge in [0, 0.05) is 24.5 Å². The lowest BCUT2D eigenvalue weighted by atomic mass is 9.86. The van der Waals surface area contributed by atoms with Crippen LogP contribution in [0.4, 0.5) is 11.4 Å². The van der Waals surface area contributed by atoms with Crippen molar-refractivity contribution < 1.29 is 9.90 Å². The van der Waals surface area contributed by atoms with E-state index >= 15 is 0 Å². The summed E-state index contributed by atoms with van der Waals surface area (Å²) in [6.07, 6.45) is 2.34. The first-order chi connectivity index (χ1) is 8.99. The van der Waals surface area contributed by atoms with Gasteiger partial charge in [-0.1, -0.05) is 13.8 Å². The highest BCUT2D eigenvalue weighted by Crippen LogP contribution is 2.29. The molecule has 2 rings (SSSR count). The molecule has 0 aromatic heterocycles. The van der Waals surface area contributed by atoms with Gasteiger partial charge in [0.25, 0.3) is 0 Å². The number of hydrogen-bond acceptors (Lipinski definition) is 3. The van der Waals surface area contributed by atoms with E-state index in [1.807, 2.05) is 6.07 Å². The second-order valence-electron chi connectivity index (χ2n) is 5.65. The molecule has 4 heteroatoms. The van der Waals surface area contributed by atoms with Gasteiger partial charge >= 0.3 is 5.97 Å². The van der Waals surface area contributed by atoms with Crippen molar-refractivity contribution in [3.05, 3.63) is 23.8 Å². The fourth-order valence-corrected chi connectivity index (χ4v) is 2.75. The molecule has 1 aliphatic rings. The zero-order valence-electron chi connectivity index (χ0n) is 11.6. The Morgan fingerprint density at radius 3 is 2.53 bits per heavy atom. The molecule has 0 saturated carbocycles. The molecule has 3 N–H and O–H groups in total. The number of carboxylic acids is 1. The van der Waals surface area contributed by atoms with Crippen LogP contribution >= 0.6 is 0 Å². The van der Waals surface area contributed by atoms with Crippen LogP contribution in [0, 0.1) is 11.8 Å². The number of nitrogens with two attached hydrogens (primary N) is 1. The van der Waals surface area contributed by atoms with Crippen LogP contribution in [0.3, 0.4) is 0 Å². The second-order valence-corrected chi connectivity index (χ2v) is 5.65. The van der Waals surface area contributed by atoms with Gasteiger partial charge in [-0.05, 0) is 42.9 Å². The molecule has 4 nitrogen and oxygen atoms in total. The molecule has 0 bridgehead atoms. The number of benzene rings is 1. The van der Waals surface area contributed by atoms with Gasteiger partial charge in [-0.3, -0.25) is 0 Å². The first kappa shape index (κ1) is 13.7. The van der Waals surface area contributed by atoms with Crippen LogP contribution in [0.5, 0.6) is 0 Å². The van der Waals surface area contributed by atoms with E-state index < -0.39 is 5.97 Å². The summed E-state index contributed by atoms with van der Waals surface area (Å²) >= 11 is 0. The predicted octanol–water partition coefficient (Wildman–Crippen LogP) is 2.84. The number of anilines is 2. The molecule has 19 heavy (non-hydrogen) atoms. The molecule has 0 unspecified atom stereocenters. The third-order valence-corrected chi connectivity index (χ3v) is 4.11. The maximum Gasteiger partial charge on any atom is 0.337 e. The van der Waals surface area contributed by atoms with E-state index in [4.69, 9.17) is 10.8 Å². The minimum atomic E-state index is -0.962. The summed E-state index contributed by atoms with van der Waals surface area (Å²) in [7, 11) is 0. The fraction of sp³-hybridized carbons (Fsp3) is 0.533. The lowest BCUT2D eigenvalue weighted by molar-refractivity contribution is 0.0698. The molecule has 0 spiro atoms. The molecule has 1 fully saturated rings. The lowest BCUT2D eigenvalue weighted by Gasteiger charge is -2.35. The number of rotatable bonds is 3. The zero-order chi connectivity index (χ0) is 14.0. The summed E-state index contributed by atoms with van der Waals surface area (Å²) in [5.74, 6) is 0.545. The van der Waals surface area contributed by atoms with E-state index in [1.54, 1.807) is 12.1 Å². The summed E-state index contributed by atoms with van der Waals surface area (Å²) in [6, 6.07) is 5.29. The summed E-state index contributed by atoms with van der Waals surface area (Å²) in [5.41, 5.74) is 7.17. The zero-order valence-corrected chi connectivity index (χ0v) is 11.6. The number of carboxylic acid groups (broad SMARTS) is 1. The molecule has 0 atom stereocenters. The molecule has 0 amide bonds. The Bertz CT molecular complexity index is 463. The molecular formula is C15H22N2O2. The van der Waals surface area contributed by atoms with Crippen molar-refractivity contribution >= 4 is 17.3 Å². The lowest BCUT2D eigenvalue weighted by Crippen LogP contribution is -2.35. The number of piperidine rings is 1. The first-order valence-electron chi connectivity index (χ1n) is 6.87. The van der Waals surface area contributed by atoms with E-state index in [1.165, 1.54) is 12.8 Å². The van der Waals surface area contributed by atoms with Crippen LogP contribution in [0.1, 0.15) is 37.0 Å². The largest absolute Gasteiger partial charge is 0.478 e. The minimum absolute atomic E-state index is 0.198. The standard InChI is InChI=1S/C15H22N2O2/c1-10(2)11-5-7-17(8-6-11)12-3-4-14(16)13(9-12)15(18)19/h3-4,9-11H,5-8,16H2,1-2H3,(H,18,19). The van der Waals surface area contributed by atoms with Crippen molar-refractivity contribution in [1.29, 1.82) is 0 Å². The molecule has 1 aromatic rings. The monoisotopic (exact) mass is 262 g/mol. The normalized spacial score (nSPS) is 16.9. The maximum absolute atomic E-state index is 11.1. The highest BCUT2D eigenvalue weighted by Gasteiger charge is 2.22. The molecule has 0 aliphatic carbocycles. The Morgan fingerprint density at radius 2 is 2.00 bits per heavy atom. The Kier molecular flexibility index (Phi) is 3.98. The second kappa shape index (κ2) is 5.51. The topological polar surface area (TPSA) is 66.6 Å². The van der Waals surface area contributed by atoms with E-state index in [0.717, 1.165) is 30.6 Å². The average Bonchev–Trinajstić information content (AvgIpc) is 2.39. The molecule has 1 aromatic carbocycles. The number of aromatic carboxylic acids is 1. The van der Waals surface area contributed by atoms with Crippen LogP contribution in [-0.2, 0) is 0 Å². The van der Waals surface area contributed by atoms with E-state index in [0.29, 0.717) is 5.69 Å². The van der Waals surface area contributed by atoms with Crippen molar-refractivity contribution in [2.24, 2.45) is 11.8 Å². The SMILES string of the molecule is CC(C)C1CCN(c2ccc(N)c(C(=O)O)c2)CC1. The molecule has 1 heterocycles. The Morgan fingerprint density at radius 1 is 1.37 bits per heavy atom. The van der Waals surface area contributed by atoms with Crippen molar-refractivity contribution in [3.63, 3.8) is 0 Å². The molecular weight excluding hydrogens is 240 g/mol. The number of nitrogens with zero attached hydrogens (tertiary/aromatic N) is 1. The van der Waals surface area contributed by atoms with E-state index in [2.05, 4.69) is 18.7 Å². The Hall–Kier alpha value is -1.71. The third-order valence-electron chi connectivity index (χ3n) is 4.11. The predicted molar refractivity (Wildman–Crippen MR) is 77.6 cm³/mol.